The topological polar surface area (TPSA) is 38.8 Å². The van der Waals surface area contributed by atoms with Crippen molar-refractivity contribution in [3.05, 3.63) is 0 Å². The van der Waals surface area contributed by atoms with Gasteiger partial charge >= 0.3 is 6.03 Å². The molecule has 4 heterocycles. The van der Waals surface area contributed by atoms with Crippen molar-refractivity contribution < 1.29 is 4.79 Å². The van der Waals surface area contributed by atoms with Crippen LogP contribution >= 0.6 is 0 Å². The van der Waals surface area contributed by atoms with E-state index in [1.165, 1.54) is 32.5 Å². The van der Waals surface area contributed by atoms with Gasteiger partial charge in [-0.2, -0.15) is 0 Å². The maximum absolute atomic E-state index is 11.9. The minimum Gasteiger partial charge on any atom is -0.331 e. The third-order valence-electron chi connectivity index (χ3n) is 5.25. The number of piperidine rings is 4. The van der Waals surface area contributed by atoms with Crippen molar-refractivity contribution >= 4 is 6.03 Å². The molecule has 2 amide bonds. The lowest BCUT2D eigenvalue weighted by Crippen LogP contribution is -2.59. The molecule has 0 radical (unpaired) electrons. The molecule has 0 aromatic carbocycles. The van der Waals surface area contributed by atoms with Crippen molar-refractivity contribution in [2.24, 2.45) is 5.92 Å². The van der Waals surface area contributed by atoms with Crippen LogP contribution in [0.4, 0.5) is 4.79 Å². The highest BCUT2D eigenvalue weighted by atomic mass is 16.2. The van der Waals surface area contributed by atoms with Gasteiger partial charge in [-0.1, -0.05) is 0 Å². The molecule has 1 unspecified atom stereocenters. The molecule has 5 heteroatoms. The highest BCUT2D eigenvalue weighted by Gasteiger charge is 2.35. The fourth-order valence-corrected chi connectivity index (χ4v) is 3.98. The molecular formula is C15H28N4O. The lowest BCUT2D eigenvalue weighted by atomic mass is 9.83. The lowest BCUT2D eigenvalue weighted by Gasteiger charge is -2.47. The molecule has 0 spiro atoms. The minimum atomic E-state index is 0.159. The van der Waals surface area contributed by atoms with Crippen LogP contribution in [0.2, 0.25) is 0 Å². The number of hydrogen-bond donors (Lipinski definition) is 1. The fourth-order valence-electron chi connectivity index (χ4n) is 3.98. The summed E-state index contributed by atoms with van der Waals surface area (Å²) >= 11 is 0. The minimum absolute atomic E-state index is 0.159. The molecule has 4 rings (SSSR count). The number of rotatable bonds is 2. The standard InChI is InChI=1S/C15H28N4O/c1-17(2)15(20)19-9-5-13(6-10-19)16-14-11-18-7-3-12(14)4-8-18/h12-14,16H,3-11H2,1-2H3. The summed E-state index contributed by atoms with van der Waals surface area (Å²) in [7, 11) is 3.67. The number of carbonyl (C=O) groups is 1. The second-order valence-electron chi connectivity index (χ2n) is 6.85. The van der Waals surface area contributed by atoms with E-state index in [9.17, 15) is 4.79 Å². The van der Waals surface area contributed by atoms with Crippen molar-refractivity contribution in [1.82, 2.24) is 20.0 Å². The Morgan fingerprint density at radius 2 is 1.70 bits per heavy atom. The Kier molecular flexibility index (Phi) is 4.17. The van der Waals surface area contributed by atoms with E-state index in [1.807, 2.05) is 19.0 Å². The highest BCUT2D eigenvalue weighted by molar-refractivity contribution is 5.73. The Morgan fingerprint density at radius 1 is 1.05 bits per heavy atom. The Hall–Kier alpha value is -0.810. The number of nitrogens with one attached hydrogen (secondary N) is 1. The molecule has 0 aromatic rings. The summed E-state index contributed by atoms with van der Waals surface area (Å²) in [4.78, 5) is 18.2. The van der Waals surface area contributed by atoms with Gasteiger partial charge in [0.25, 0.3) is 0 Å². The molecule has 1 atom stereocenters. The normalized spacial score (nSPS) is 34.3. The molecule has 4 fully saturated rings. The molecule has 5 nitrogen and oxygen atoms in total. The number of urea groups is 1. The summed E-state index contributed by atoms with van der Waals surface area (Å²) in [6.45, 7) is 5.64. The fraction of sp³-hybridized carbons (Fsp3) is 0.933. The number of amides is 2. The van der Waals surface area contributed by atoms with Crippen LogP contribution in [0.1, 0.15) is 25.7 Å². The van der Waals surface area contributed by atoms with Gasteiger partial charge in [-0.15, -0.1) is 0 Å². The molecule has 4 aliphatic rings. The molecule has 114 valence electrons. The highest BCUT2D eigenvalue weighted by Crippen LogP contribution is 2.28. The van der Waals surface area contributed by atoms with Crippen LogP contribution in [0.5, 0.6) is 0 Å². The van der Waals surface area contributed by atoms with Gasteiger partial charge in [0.2, 0.25) is 0 Å². The third-order valence-corrected chi connectivity index (χ3v) is 5.25. The monoisotopic (exact) mass is 280 g/mol. The van der Waals surface area contributed by atoms with Crippen molar-refractivity contribution in [3.63, 3.8) is 0 Å². The molecule has 4 saturated heterocycles. The van der Waals surface area contributed by atoms with Gasteiger partial charge in [0.15, 0.2) is 0 Å². The predicted molar refractivity (Wildman–Crippen MR) is 79.8 cm³/mol. The van der Waals surface area contributed by atoms with Crippen LogP contribution in [0.15, 0.2) is 0 Å². The second-order valence-corrected chi connectivity index (χ2v) is 6.85. The quantitative estimate of drug-likeness (QED) is 0.814. The molecule has 0 aromatic heterocycles. The van der Waals surface area contributed by atoms with Gasteiger partial charge in [-0.3, -0.25) is 0 Å². The molecule has 20 heavy (non-hydrogen) atoms. The summed E-state index contributed by atoms with van der Waals surface area (Å²) in [5.41, 5.74) is 0. The maximum Gasteiger partial charge on any atom is 0.319 e. The van der Waals surface area contributed by atoms with Crippen LogP contribution in [0.25, 0.3) is 0 Å². The van der Waals surface area contributed by atoms with Gasteiger partial charge in [-0.25, -0.2) is 4.79 Å². The number of carbonyl (C=O) groups excluding carboxylic acids is 1. The van der Waals surface area contributed by atoms with E-state index in [1.54, 1.807) is 4.90 Å². The van der Waals surface area contributed by atoms with Gasteiger partial charge in [0.05, 0.1) is 0 Å². The van der Waals surface area contributed by atoms with Crippen LogP contribution in [0, 0.1) is 5.92 Å². The number of nitrogens with zero attached hydrogens (tertiary/aromatic N) is 3. The molecule has 4 aliphatic heterocycles. The van der Waals surface area contributed by atoms with E-state index in [0.29, 0.717) is 12.1 Å². The van der Waals surface area contributed by atoms with E-state index in [0.717, 1.165) is 31.8 Å². The average molecular weight is 280 g/mol. The number of likely N-dealkylation sites (tertiary alicyclic amines) is 1. The lowest BCUT2D eigenvalue weighted by molar-refractivity contribution is 0.0610. The van der Waals surface area contributed by atoms with Crippen molar-refractivity contribution in [3.8, 4) is 0 Å². The van der Waals surface area contributed by atoms with Gasteiger partial charge < -0.3 is 20.0 Å². The largest absolute Gasteiger partial charge is 0.331 e. The molecule has 2 bridgehead atoms. The Bertz CT molecular complexity index is 344. The number of hydrogen-bond acceptors (Lipinski definition) is 3. The van der Waals surface area contributed by atoms with Crippen molar-refractivity contribution in [2.75, 3.05) is 46.8 Å². The predicted octanol–water partition coefficient (Wildman–Crippen LogP) is 0.816. The van der Waals surface area contributed by atoms with Crippen molar-refractivity contribution in [2.45, 2.75) is 37.8 Å². The molecule has 1 N–H and O–H groups in total. The Morgan fingerprint density at radius 3 is 2.20 bits per heavy atom. The van der Waals surface area contributed by atoms with Crippen LogP contribution < -0.4 is 5.32 Å². The zero-order valence-corrected chi connectivity index (χ0v) is 12.8. The smallest absolute Gasteiger partial charge is 0.319 e. The SMILES string of the molecule is CN(C)C(=O)N1CCC(NC2CN3CCC2CC3)CC1. The van der Waals surface area contributed by atoms with E-state index in [-0.39, 0.29) is 6.03 Å². The first-order valence-corrected chi connectivity index (χ1v) is 8.08. The first-order valence-electron chi connectivity index (χ1n) is 8.08. The summed E-state index contributed by atoms with van der Waals surface area (Å²) < 4.78 is 0. The zero-order chi connectivity index (χ0) is 14.1. The number of fused-ring (bicyclic) bond motifs is 3. The summed E-state index contributed by atoms with van der Waals surface area (Å²) in [5.74, 6) is 0.890. The second kappa shape index (κ2) is 5.90. The van der Waals surface area contributed by atoms with Gasteiger partial charge in [0.1, 0.15) is 0 Å². The van der Waals surface area contributed by atoms with E-state index in [2.05, 4.69) is 10.2 Å². The van der Waals surface area contributed by atoms with Crippen LogP contribution in [0.3, 0.4) is 0 Å². The Labute approximate surface area is 122 Å². The Balaban J connectivity index is 1.46. The first kappa shape index (κ1) is 14.1. The van der Waals surface area contributed by atoms with Crippen molar-refractivity contribution in [1.29, 1.82) is 0 Å². The first-order chi connectivity index (χ1) is 9.63. The van der Waals surface area contributed by atoms with E-state index >= 15 is 0 Å². The molecule has 0 saturated carbocycles. The van der Waals surface area contributed by atoms with E-state index < -0.39 is 0 Å². The molecule has 0 aliphatic carbocycles. The summed E-state index contributed by atoms with van der Waals surface area (Å²) in [6, 6.07) is 1.46. The summed E-state index contributed by atoms with van der Waals surface area (Å²) in [5, 5.41) is 3.88. The zero-order valence-electron chi connectivity index (χ0n) is 12.8. The molecular weight excluding hydrogens is 252 g/mol. The average Bonchev–Trinajstić information content (AvgIpc) is 2.48. The van der Waals surface area contributed by atoms with Gasteiger partial charge in [0, 0.05) is 45.8 Å². The van der Waals surface area contributed by atoms with Crippen LogP contribution in [-0.4, -0.2) is 79.6 Å². The van der Waals surface area contributed by atoms with Crippen LogP contribution in [-0.2, 0) is 0 Å². The van der Waals surface area contributed by atoms with E-state index in [4.69, 9.17) is 0 Å². The van der Waals surface area contributed by atoms with Gasteiger partial charge in [-0.05, 0) is 44.7 Å². The maximum atomic E-state index is 11.9. The summed E-state index contributed by atoms with van der Waals surface area (Å²) in [6.07, 6.45) is 4.94. The third kappa shape index (κ3) is 2.93.